The maximum Gasteiger partial charge on any atom is 0.267 e. The van der Waals surface area contributed by atoms with Crippen molar-refractivity contribution in [3.8, 4) is 0 Å². The van der Waals surface area contributed by atoms with Crippen LogP contribution in [-0.2, 0) is 20.0 Å². The Morgan fingerprint density at radius 1 is 1.60 bits per heavy atom. The average Bonchev–Trinajstić information content (AvgIpc) is 3.01. The SMILES string of the molecule is Cn1cc(Cl)cc1C(=O)NC[C@H]1CCc2nccn2C1. The van der Waals surface area contributed by atoms with Crippen molar-refractivity contribution in [2.24, 2.45) is 13.0 Å². The number of carbonyl (C=O) groups is 1. The van der Waals surface area contributed by atoms with Crippen LogP contribution in [-0.4, -0.2) is 26.6 Å². The molecular formula is C14H17ClN4O. The van der Waals surface area contributed by atoms with Gasteiger partial charge in [-0.1, -0.05) is 11.6 Å². The summed E-state index contributed by atoms with van der Waals surface area (Å²) in [5, 5.41) is 3.58. The van der Waals surface area contributed by atoms with E-state index in [1.165, 1.54) is 0 Å². The molecule has 2 aromatic heterocycles. The molecule has 5 nitrogen and oxygen atoms in total. The standard InChI is InChI=1S/C14H17ClN4O/c1-18-9-11(15)6-12(18)14(20)17-7-10-2-3-13-16-4-5-19(13)8-10/h4-6,9-10H,2-3,7-8H2,1H3,(H,17,20)/t10-/m1/s1. The molecule has 0 saturated carbocycles. The Labute approximate surface area is 122 Å². The number of fused-ring (bicyclic) bond motifs is 1. The fourth-order valence-electron chi connectivity index (χ4n) is 2.68. The van der Waals surface area contributed by atoms with Crippen molar-refractivity contribution in [1.29, 1.82) is 0 Å². The van der Waals surface area contributed by atoms with Crippen LogP contribution in [0.3, 0.4) is 0 Å². The van der Waals surface area contributed by atoms with E-state index in [0.29, 0.717) is 23.2 Å². The molecule has 2 aromatic rings. The van der Waals surface area contributed by atoms with Gasteiger partial charge in [-0.2, -0.15) is 0 Å². The Balaban J connectivity index is 1.58. The molecule has 0 aliphatic carbocycles. The van der Waals surface area contributed by atoms with E-state index < -0.39 is 0 Å². The van der Waals surface area contributed by atoms with Crippen LogP contribution in [0.4, 0.5) is 0 Å². The summed E-state index contributed by atoms with van der Waals surface area (Å²) < 4.78 is 3.91. The van der Waals surface area contributed by atoms with Crippen LogP contribution in [0, 0.1) is 5.92 Å². The van der Waals surface area contributed by atoms with Crippen molar-refractivity contribution < 1.29 is 4.79 Å². The predicted octanol–water partition coefficient (Wildman–Crippen LogP) is 1.87. The molecule has 1 amide bonds. The van der Waals surface area contributed by atoms with Crippen molar-refractivity contribution in [3.05, 3.63) is 41.2 Å². The molecule has 1 atom stereocenters. The molecule has 0 aromatic carbocycles. The molecule has 3 rings (SSSR count). The number of nitrogens with one attached hydrogen (secondary N) is 1. The van der Waals surface area contributed by atoms with Gasteiger partial charge in [0.25, 0.3) is 5.91 Å². The molecule has 0 saturated heterocycles. The maximum absolute atomic E-state index is 12.1. The summed E-state index contributed by atoms with van der Waals surface area (Å²) in [6.45, 7) is 1.60. The van der Waals surface area contributed by atoms with Gasteiger partial charge in [-0.3, -0.25) is 4.79 Å². The number of aryl methyl sites for hydroxylation is 2. The number of carbonyl (C=O) groups excluding carboxylic acids is 1. The molecule has 0 unspecified atom stereocenters. The van der Waals surface area contributed by atoms with Gasteiger partial charge in [0.2, 0.25) is 0 Å². The lowest BCUT2D eigenvalue weighted by atomic mass is 9.99. The van der Waals surface area contributed by atoms with E-state index in [1.54, 1.807) is 16.8 Å². The van der Waals surface area contributed by atoms with E-state index in [-0.39, 0.29) is 5.91 Å². The monoisotopic (exact) mass is 292 g/mol. The quantitative estimate of drug-likeness (QED) is 0.939. The largest absolute Gasteiger partial charge is 0.350 e. The molecule has 0 bridgehead atoms. The zero-order valence-corrected chi connectivity index (χ0v) is 12.1. The Morgan fingerprint density at radius 3 is 3.20 bits per heavy atom. The van der Waals surface area contributed by atoms with E-state index in [0.717, 1.165) is 25.2 Å². The Morgan fingerprint density at radius 2 is 2.45 bits per heavy atom. The van der Waals surface area contributed by atoms with Crippen molar-refractivity contribution in [2.75, 3.05) is 6.54 Å². The van der Waals surface area contributed by atoms with Gasteiger partial charge in [0.05, 0.1) is 5.02 Å². The van der Waals surface area contributed by atoms with E-state index >= 15 is 0 Å². The second kappa shape index (κ2) is 5.32. The first-order valence-corrected chi connectivity index (χ1v) is 7.11. The molecule has 20 heavy (non-hydrogen) atoms. The topological polar surface area (TPSA) is 51.9 Å². The molecule has 0 fully saturated rings. The fourth-order valence-corrected chi connectivity index (χ4v) is 2.93. The lowest BCUT2D eigenvalue weighted by Gasteiger charge is -2.23. The van der Waals surface area contributed by atoms with Crippen molar-refractivity contribution in [1.82, 2.24) is 19.4 Å². The second-order valence-corrected chi connectivity index (χ2v) is 5.70. The lowest BCUT2D eigenvalue weighted by Crippen LogP contribution is -2.34. The Kier molecular flexibility index (Phi) is 3.53. The highest BCUT2D eigenvalue weighted by molar-refractivity contribution is 6.31. The zero-order valence-electron chi connectivity index (χ0n) is 11.3. The van der Waals surface area contributed by atoms with Crippen LogP contribution in [0.1, 0.15) is 22.7 Å². The normalized spacial score (nSPS) is 17.8. The van der Waals surface area contributed by atoms with Crippen LogP contribution < -0.4 is 5.32 Å². The van der Waals surface area contributed by atoms with Crippen LogP contribution >= 0.6 is 11.6 Å². The number of rotatable bonds is 3. The molecule has 1 aliphatic heterocycles. The van der Waals surface area contributed by atoms with E-state index in [9.17, 15) is 4.79 Å². The summed E-state index contributed by atoms with van der Waals surface area (Å²) in [7, 11) is 1.82. The minimum atomic E-state index is -0.0733. The van der Waals surface area contributed by atoms with E-state index in [4.69, 9.17) is 11.6 Å². The minimum Gasteiger partial charge on any atom is -0.350 e. The van der Waals surface area contributed by atoms with Gasteiger partial charge in [0, 0.05) is 45.1 Å². The van der Waals surface area contributed by atoms with E-state index in [1.807, 2.05) is 19.4 Å². The average molecular weight is 293 g/mol. The molecule has 6 heteroatoms. The number of halogens is 1. The first-order valence-electron chi connectivity index (χ1n) is 6.73. The number of hydrogen-bond acceptors (Lipinski definition) is 2. The number of imidazole rings is 1. The number of hydrogen-bond donors (Lipinski definition) is 1. The predicted molar refractivity (Wildman–Crippen MR) is 76.8 cm³/mol. The van der Waals surface area contributed by atoms with Gasteiger partial charge in [-0.25, -0.2) is 4.98 Å². The highest BCUT2D eigenvalue weighted by atomic mass is 35.5. The van der Waals surface area contributed by atoms with E-state index in [2.05, 4.69) is 14.9 Å². The number of amides is 1. The Hall–Kier alpha value is -1.75. The van der Waals surface area contributed by atoms with Gasteiger partial charge >= 0.3 is 0 Å². The summed E-state index contributed by atoms with van der Waals surface area (Å²) in [6.07, 6.45) is 7.60. The second-order valence-electron chi connectivity index (χ2n) is 5.27. The lowest BCUT2D eigenvalue weighted by molar-refractivity contribution is 0.0935. The van der Waals surface area contributed by atoms with Crippen LogP contribution in [0.2, 0.25) is 5.02 Å². The van der Waals surface area contributed by atoms with Gasteiger partial charge in [-0.05, 0) is 18.4 Å². The highest BCUT2D eigenvalue weighted by Gasteiger charge is 2.20. The van der Waals surface area contributed by atoms with Gasteiger partial charge in [-0.15, -0.1) is 0 Å². The Bertz CT molecular complexity index is 631. The summed E-state index contributed by atoms with van der Waals surface area (Å²) in [4.78, 5) is 16.4. The van der Waals surface area contributed by atoms with Gasteiger partial charge < -0.3 is 14.5 Å². The summed E-state index contributed by atoms with van der Waals surface area (Å²) in [6, 6.07) is 1.69. The third-order valence-electron chi connectivity index (χ3n) is 3.79. The summed E-state index contributed by atoms with van der Waals surface area (Å²) >= 11 is 5.89. The third-order valence-corrected chi connectivity index (χ3v) is 4.00. The van der Waals surface area contributed by atoms with Crippen LogP contribution in [0.25, 0.3) is 0 Å². The first kappa shape index (κ1) is 13.2. The summed E-state index contributed by atoms with van der Waals surface area (Å²) in [5.41, 5.74) is 0.592. The number of nitrogens with zero attached hydrogens (tertiary/aromatic N) is 3. The third kappa shape index (κ3) is 2.58. The van der Waals surface area contributed by atoms with Crippen molar-refractivity contribution >= 4 is 17.5 Å². The van der Waals surface area contributed by atoms with Crippen LogP contribution in [0.5, 0.6) is 0 Å². The first-order chi connectivity index (χ1) is 9.63. The van der Waals surface area contributed by atoms with Crippen LogP contribution in [0.15, 0.2) is 24.7 Å². The molecule has 1 N–H and O–H groups in total. The molecule has 1 aliphatic rings. The minimum absolute atomic E-state index is 0.0733. The van der Waals surface area contributed by atoms with Crippen molar-refractivity contribution in [2.45, 2.75) is 19.4 Å². The molecule has 3 heterocycles. The molecule has 0 spiro atoms. The maximum atomic E-state index is 12.1. The number of aromatic nitrogens is 3. The highest BCUT2D eigenvalue weighted by Crippen LogP contribution is 2.18. The molecule has 106 valence electrons. The molecular weight excluding hydrogens is 276 g/mol. The van der Waals surface area contributed by atoms with Gasteiger partial charge in [0.15, 0.2) is 0 Å². The molecule has 0 radical (unpaired) electrons. The zero-order chi connectivity index (χ0) is 14.1. The fraction of sp³-hybridized carbons (Fsp3) is 0.429. The van der Waals surface area contributed by atoms with Gasteiger partial charge in [0.1, 0.15) is 11.5 Å². The van der Waals surface area contributed by atoms with Crippen molar-refractivity contribution in [3.63, 3.8) is 0 Å². The smallest absolute Gasteiger partial charge is 0.267 e. The summed E-state index contributed by atoms with van der Waals surface area (Å²) in [5.74, 6) is 1.52.